The molecule has 0 saturated heterocycles. The lowest BCUT2D eigenvalue weighted by atomic mass is 10.0. The molecule has 29 heavy (non-hydrogen) atoms. The number of carbonyl (C=O) groups is 1. The third-order valence-electron chi connectivity index (χ3n) is 4.55. The lowest BCUT2D eigenvalue weighted by Crippen LogP contribution is -2.13. The summed E-state index contributed by atoms with van der Waals surface area (Å²) in [5.41, 5.74) is 3.77. The van der Waals surface area contributed by atoms with Gasteiger partial charge < -0.3 is 14.6 Å². The predicted octanol–water partition coefficient (Wildman–Crippen LogP) is 5.53. The van der Waals surface area contributed by atoms with Crippen molar-refractivity contribution in [1.29, 1.82) is 0 Å². The van der Waals surface area contributed by atoms with Crippen molar-refractivity contribution in [2.75, 3.05) is 12.4 Å². The molecule has 7 heteroatoms. The maximum atomic E-state index is 13.1. The standard InChI is InChI=1S/C22H18BrN3O3/c1-12-7-15(23)10-17-18(22(27)25-20-8-13(2)29-26-20)11-19(24-21(12)17)14-5-4-6-16(9-14)28-3/h4-11H,1-3H3,(H,25,26,27). The zero-order valence-corrected chi connectivity index (χ0v) is 17.7. The number of nitrogens with zero attached hydrogens (tertiary/aromatic N) is 2. The number of halogens is 1. The molecule has 0 aliphatic carbocycles. The van der Waals surface area contributed by atoms with Crippen LogP contribution >= 0.6 is 15.9 Å². The molecule has 146 valence electrons. The molecule has 4 rings (SSSR count). The first-order valence-corrected chi connectivity index (χ1v) is 9.74. The number of amides is 1. The molecular formula is C22H18BrN3O3. The highest BCUT2D eigenvalue weighted by molar-refractivity contribution is 9.10. The number of carbonyl (C=O) groups excluding carboxylic acids is 1. The summed E-state index contributed by atoms with van der Waals surface area (Å²) in [6, 6.07) is 14.9. The van der Waals surface area contributed by atoms with Gasteiger partial charge in [0.05, 0.1) is 23.9 Å². The molecule has 2 heterocycles. The molecular weight excluding hydrogens is 434 g/mol. The Morgan fingerprint density at radius 2 is 1.97 bits per heavy atom. The number of pyridine rings is 1. The summed E-state index contributed by atoms with van der Waals surface area (Å²) in [6.07, 6.45) is 0. The van der Waals surface area contributed by atoms with E-state index in [1.54, 1.807) is 26.2 Å². The van der Waals surface area contributed by atoms with Crippen LogP contribution in [0.3, 0.4) is 0 Å². The van der Waals surface area contributed by atoms with Crippen LogP contribution < -0.4 is 10.1 Å². The van der Waals surface area contributed by atoms with Crippen LogP contribution in [0, 0.1) is 13.8 Å². The summed E-state index contributed by atoms with van der Waals surface area (Å²) in [7, 11) is 1.62. The van der Waals surface area contributed by atoms with Gasteiger partial charge in [0.2, 0.25) is 0 Å². The molecule has 2 aromatic carbocycles. The zero-order valence-electron chi connectivity index (χ0n) is 16.1. The Morgan fingerprint density at radius 3 is 2.69 bits per heavy atom. The van der Waals surface area contributed by atoms with Crippen molar-refractivity contribution in [2.24, 2.45) is 0 Å². The number of aryl methyl sites for hydroxylation is 2. The van der Waals surface area contributed by atoms with Crippen molar-refractivity contribution in [1.82, 2.24) is 10.1 Å². The second-order valence-electron chi connectivity index (χ2n) is 6.68. The van der Waals surface area contributed by atoms with Crippen LogP contribution in [0.15, 0.2) is 57.5 Å². The lowest BCUT2D eigenvalue weighted by Gasteiger charge is -2.12. The Bertz CT molecular complexity index is 1230. The number of benzene rings is 2. The van der Waals surface area contributed by atoms with E-state index in [9.17, 15) is 4.79 Å². The van der Waals surface area contributed by atoms with Crippen LogP contribution in [-0.4, -0.2) is 23.2 Å². The molecule has 0 radical (unpaired) electrons. The third-order valence-corrected chi connectivity index (χ3v) is 5.01. The van der Waals surface area contributed by atoms with Crippen molar-refractivity contribution in [3.05, 3.63) is 69.9 Å². The summed E-state index contributed by atoms with van der Waals surface area (Å²) in [6.45, 7) is 3.74. The highest BCUT2D eigenvalue weighted by Gasteiger charge is 2.17. The van der Waals surface area contributed by atoms with Crippen LogP contribution in [0.2, 0.25) is 0 Å². The van der Waals surface area contributed by atoms with Gasteiger partial charge in [0, 0.05) is 21.5 Å². The summed E-state index contributed by atoms with van der Waals surface area (Å²) in [4.78, 5) is 17.9. The number of anilines is 1. The molecule has 0 bridgehead atoms. The second-order valence-corrected chi connectivity index (χ2v) is 7.60. The van der Waals surface area contributed by atoms with Crippen molar-refractivity contribution in [2.45, 2.75) is 13.8 Å². The Kier molecular flexibility index (Phi) is 5.07. The number of nitrogens with one attached hydrogen (secondary N) is 1. The molecule has 0 saturated carbocycles. The number of methoxy groups -OCH3 is 1. The predicted molar refractivity (Wildman–Crippen MR) is 115 cm³/mol. The SMILES string of the molecule is COc1cccc(-c2cc(C(=O)Nc3cc(C)on3)c3cc(Br)cc(C)c3n2)c1. The lowest BCUT2D eigenvalue weighted by molar-refractivity contribution is 0.102. The van der Waals surface area contributed by atoms with Gasteiger partial charge in [-0.05, 0) is 49.7 Å². The van der Waals surface area contributed by atoms with Crippen molar-refractivity contribution in [3.63, 3.8) is 0 Å². The van der Waals surface area contributed by atoms with Gasteiger partial charge in [-0.1, -0.05) is 33.2 Å². The van der Waals surface area contributed by atoms with Crippen LogP contribution in [0.25, 0.3) is 22.2 Å². The summed E-state index contributed by atoms with van der Waals surface area (Å²) < 4.78 is 11.3. The summed E-state index contributed by atoms with van der Waals surface area (Å²) >= 11 is 3.52. The van der Waals surface area contributed by atoms with Gasteiger partial charge in [0.15, 0.2) is 5.82 Å². The molecule has 0 unspecified atom stereocenters. The van der Waals surface area contributed by atoms with E-state index < -0.39 is 0 Å². The number of hydrogen-bond donors (Lipinski definition) is 1. The van der Waals surface area contributed by atoms with E-state index >= 15 is 0 Å². The fourth-order valence-corrected chi connectivity index (χ4v) is 3.76. The average molecular weight is 452 g/mol. The smallest absolute Gasteiger partial charge is 0.257 e. The molecule has 4 aromatic rings. The Labute approximate surface area is 176 Å². The monoisotopic (exact) mass is 451 g/mol. The van der Waals surface area contributed by atoms with Crippen LogP contribution in [0.1, 0.15) is 21.7 Å². The highest BCUT2D eigenvalue weighted by atomic mass is 79.9. The second kappa shape index (κ2) is 7.67. The summed E-state index contributed by atoms with van der Waals surface area (Å²) in [5.74, 6) is 1.43. The minimum absolute atomic E-state index is 0.285. The van der Waals surface area contributed by atoms with Gasteiger partial charge in [-0.15, -0.1) is 0 Å². The minimum Gasteiger partial charge on any atom is -0.497 e. The Morgan fingerprint density at radius 1 is 1.14 bits per heavy atom. The maximum absolute atomic E-state index is 13.1. The van der Waals surface area contributed by atoms with Gasteiger partial charge in [-0.25, -0.2) is 4.98 Å². The van der Waals surface area contributed by atoms with E-state index in [1.807, 2.05) is 43.3 Å². The number of fused-ring (bicyclic) bond motifs is 1. The van der Waals surface area contributed by atoms with E-state index in [-0.39, 0.29) is 5.91 Å². The fraction of sp³-hybridized carbons (Fsp3) is 0.136. The molecule has 0 spiro atoms. The molecule has 0 aliphatic heterocycles. The highest BCUT2D eigenvalue weighted by Crippen LogP contribution is 2.31. The molecule has 0 fully saturated rings. The maximum Gasteiger partial charge on any atom is 0.257 e. The largest absolute Gasteiger partial charge is 0.497 e. The van der Waals surface area contributed by atoms with E-state index in [0.29, 0.717) is 22.8 Å². The third kappa shape index (κ3) is 3.86. The molecule has 0 aliphatic rings. The van der Waals surface area contributed by atoms with Gasteiger partial charge in [-0.2, -0.15) is 0 Å². The fourth-order valence-electron chi connectivity index (χ4n) is 3.18. The topological polar surface area (TPSA) is 77.2 Å². The van der Waals surface area contributed by atoms with Crippen molar-refractivity contribution >= 4 is 38.6 Å². The van der Waals surface area contributed by atoms with Crippen molar-refractivity contribution < 1.29 is 14.1 Å². The molecule has 2 aromatic heterocycles. The molecule has 6 nitrogen and oxygen atoms in total. The van der Waals surface area contributed by atoms with Gasteiger partial charge in [0.1, 0.15) is 11.5 Å². The number of hydrogen-bond acceptors (Lipinski definition) is 5. The molecule has 0 atom stereocenters. The van der Waals surface area contributed by atoms with Crippen LogP contribution in [0.5, 0.6) is 5.75 Å². The van der Waals surface area contributed by atoms with E-state index in [1.165, 1.54) is 0 Å². The zero-order chi connectivity index (χ0) is 20.5. The Balaban J connectivity index is 1.89. The number of rotatable bonds is 4. The molecule has 1 N–H and O–H groups in total. The first kappa shape index (κ1) is 19.1. The van der Waals surface area contributed by atoms with Crippen molar-refractivity contribution in [3.8, 4) is 17.0 Å². The average Bonchev–Trinajstić information content (AvgIpc) is 3.11. The quantitative estimate of drug-likeness (QED) is 0.441. The van der Waals surface area contributed by atoms with E-state index in [2.05, 4.69) is 26.4 Å². The first-order chi connectivity index (χ1) is 13.9. The van der Waals surface area contributed by atoms with Gasteiger partial charge >= 0.3 is 0 Å². The molecule has 1 amide bonds. The van der Waals surface area contributed by atoms with Crippen LogP contribution in [0.4, 0.5) is 5.82 Å². The number of aromatic nitrogens is 2. The summed E-state index contributed by atoms with van der Waals surface area (Å²) in [5, 5.41) is 7.40. The first-order valence-electron chi connectivity index (χ1n) is 8.94. The van der Waals surface area contributed by atoms with Gasteiger partial charge in [0.25, 0.3) is 5.91 Å². The van der Waals surface area contributed by atoms with Gasteiger partial charge in [-0.3, -0.25) is 4.79 Å². The Hall–Kier alpha value is -3.19. The minimum atomic E-state index is -0.285. The number of ether oxygens (including phenoxy) is 1. The van der Waals surface area contributed by atoms with E-state index in [0.717, 1.165) is 32.3 Å². The van der Waals surface area contributed by atoms with E-state index in [4.69, 9.17) is 14.2 Å². The van der Waals surface area contributed by atoms with Crippen LogP contribution in [-0.2, 0) is 0 Å². The normalized spacial score (nSPS) is 10.9.